The fourth-order valence-corrected chi connectivity index (χ4v) is 1.85. The molecule has 1 aromatic carbocycles. The standard InChI is InChI=1S/C12H15ClN2O3/c13-8-1-2-11(14)10(5-8)12(16)15-6-9-7-17-3-4-18-9/h1-2,5,9H,3-4,6-7,14H2,(H,15,16). The highest BCUT2D eigenvalue weighted by atomic mass is 35.5. The molecule has 0 spiro atoms. The van der Waals surface area contributed by atoms with Gasteiger partial charge in [0.15, 0.2) is 0 Å². The molecule has 0 bridgehead atoms. The van der Waals surface area contributed by atoms with Gasteiger partial charge in [-0.05, 0) is 18.2 Å². The monoisotopic (exact) mass is 270 g/mol. The van der Waals surface area contributed by atoms with E-state index in [9.17, 15) is 4.79 Å². The van der Waals surface area contributed by atoms with Crippen LogP contribution in [0.25, 0.3) is 0 Å². The number of halogens is 1. The molecule has 0 radical (unpaired) electrons. The predicted octanol–water partition coefficient (Wildman–Crippen LogP) is 1.07. The van der Waals surface area contributed by atoms with Crippen molar-refractivity contribution in [1.29, 1.82) is 0 Å². The number of nitrogens with one attached hydrogen (secondary N) is 1. The minimum atomic E-state index is -0.260. The lowest BCUT2D eigenvalue weighted by Gasteiger charge is -2.23. The topological polar surface area (TPSA) is 73.6 Å². The average Bonchev–Trinajstić information content (AvgIpc) is 2.40. The highest BCUT2D eigenvalue weighted by Gasteiger charge is 2.16. The first-order valence-corrected chi connectivity index (χ1v) is 6.07. The van der Waals surface area contributed by atoms with Crippen LogP contribution in [0, 0.1) is 0 Å². The molecule has 5 nitrogen and oxygen atoms in total. The van der Waals surface area contributed by atoms with Crippen molar-refractivity contribution in [3.8, 4) is 0 Å². The van der Waals surface area contributed by atoms with E-state index in [1.54, 1.807) is 18.2 Å². The number of carbonyl (C=O) groups excluding carboxylic acids is 1. The summed E-state index contributed by atoms with van der Waals surface area (Å²) in [6, 6.07) is 4.80. The second-order valence-electron chi connectivity index (χ2n) is 4.01. The lowest BCUT2D eigenvalue weighted by Crippen LogP contribution is -2.39. The van der Waals surface area contributed by atoms with E-state index in [-0.39, 0.29) is 12.0 Å². The smallest absolute Gasteiger partial charge is 0.253 e. The summed E-state index contributed by atoms with van der Waals surface area (Å²) in [5.41, 5.74) is 6.50. The normalized spacial score (nSPS) is 19.5. The first-order valence-electron chi connectivity index (χ1n) is 5.69. The third kappa shape index (κ3) is 3.35. The number of nitrogen functional groups attached to an aromatic ring is 1. The van der Waals surface area contributed by atoms with Crippen molar-refractivity contribution in [3.05, 3.63) is 28.8 Å². The van der Waals surface area contributed by atoms with E-state index in [0.717, 1.165) is 0 Å². The van der Waals surface area contributed by atoms with Gasteiger partial charge in [-0.15, -0.1) is 0 Å². The molecule has 0 saturated carbocycles. The molecule has 1 aliphatic rings. The Labute approximate surface area is 110 Å². The maximum atomic E-state index is 11.9. The molecule has 1 amide bonds. The Kier molecular flexibility index (Phi) is 4.41. The number of amides is 1. The summed E-state index contributed by atoms with van der Waals surface area (Å²) in [4.78, 5) is 11.9. The van der Waals surface area contributed by atoms with Crippen LogP contribution in [0.3, 0.4) is 0 Å². The van der Waals surface area contributed by atoms with Crippen molar-refractivity contribution in [2.75, 3.05) is 32.1 Å². The fourth-order valence-electron chi connectivity index (χ4n) is 1.68. The van der Waals surface area contributed by atoms with Gasteiger partial charge in [0.25, 0.3) is 5.91 Å². The highest BCUT2D eigenvalue weighted by molar-refractivity contribution is 6.31. The van der Waals surface area contributed by atoms with Crippen LogP contribution in [0.5, 0.6) is 0 Å². The summed E-state index contributed by atoms with van der Waals surface area (Å²) in [5, 5.41) is 3.23. The minimum Gasteiger partial charge on any atom is -0.398 e. The Bertz CT molecular complexity index is 433. The second-order valence-corrected chi connectivity index (χ2v) is 4.45. The average molecular weight is 271 g/mol. The molecule has 0 aliphatic carbocycles. The highest BCUT2D eigenvalue weighted by Crippen LogP contribution is 2.17. The first kappa shape index (κ1) is 13.1. The summed E-state index contributed by atoms with van der Waals surface area (Å²) >= 11 is 5.83. The molecule has 1 fully saturated rings. The van der Waals surface area contributed by atoms with E-state index in [1.165, 1.54) is 0 Å². The van der Waals surface area contributed by atoms with E-state index in [1.807, 2.05) is 0 Å². The first-order chi connectivity index (χ1) is 8.66. The maximum absolute atomic E-state index is 11.9. The zero-order valence-electron chi connectivity index (χ0n) is 9.82. The maximum Gasteiger partial charge on any atom is 0.253 e. The van der Waals surface area contributed by atoms with Crippen molar-refractivity contribution in [2.45, 2.75) is 6.10 Å². The molecule has 0 aromatic heterocycles. The minimum absolute atomic E-state index is 0.108. The molecule has 2 rings (SSSR count). The van der Waals surface area contributed by atoms with Gasteiger partial charge in [0, 0.05) is 17.3 Å². The van der Waals surface area contributed by atoms with Gasteiger partial charge in [-0.25, -0.2) is 0 Å². The number of rotatable bonds is 3. The van der Waals surface area contributed by atoms with Crippen LogP contribution in [0.15, 0.2) is 18.2 Å². The van der Waals surface area contributed by atoms with E-state index in [0.29, 0.717) is 42.6 Å². The summed E-state index contributed by atoms with van der Waals surface area (Å²) in [6.45, 7) is 2.04. The molecule has 18 heavy (non-hydrogen) atoms. The van der Waals surface area contributed by atoms with Crippen LogP contribution in [-0.2, 0) is 9.47 Å². The van der Waals surface area contributed by atoms with Gasteiger partial charge in [0.1, 0.15) is 0 Å². The second kappa shape index (κ2) is 6.04. The van der Waals surface area contributed by atoms with E-state index in [4.69, 9.17) is 26.8 Å². The Morgan fingerprint density at radius 3 is 3.06 bits per heavy atom. The zero-order chi connectivity index (χ0) is 13.0. The van der Waals surface area contributed by atoms with E-state index in [2.05, 4.69) is 5.32 Å². The van der Waals surface area contributed by atoms with Crippen LogP contribution >= 0.6 is 11.6 Å². The van der Waals surface area contributed by atoms with Gasteiger partial charge in [0.2, 0.25) is 0 Å². The van der Waals surface area contributed by atoms with Gasteiger partial charge in [-0.2, -0.15) is 0 Å². The van der Waals surface area contributed by atoms with Gasteiger partial charge in [-0.3, -0.25) is 4.79 Å². The number of ether oxygens (including phenoxy) is 2. The molecule has 3 N–H and O–H groups in total. The van der Waals surface area contributed by atoms with E-state index < -0.39 is 0 Å². The van der Waals surface area contributed by atoms with Crippen molar-refractivity contribution in [1.82, 2.24) is 5.32 Å². The zero-order valence-corrected chi connectivity index (χ0v) is 10.6. The number of nitrogens with two attached hydrogens (primary N) is 1. The molecule has 6 heteroatoms. The van der Waals surface area contributed by atoms with Gasteiger partial charge in [-0.1, -0.05) is 11.6 Å². The van der Waals surface area contributed by atoms with E-state index >= 15 is 0 Å². The molecule has 1 aromatic rings. The largest absolute Gasteiger partial charge is 0.398 e. The lowest BCUT2D eigenvalue weighted by molar-refractivity contribution is -0.0855. The molecule has 1 aliphatic heterocycles. The van der Waals surface area contributed by atoms with Crippen LogP contribution in [0.4, 0.5) is 5.69 Å². The summed E-state index contributed by atoms with van der Waals surface area (Å²) < 4.78 is 10.7. The molecular weight excluding hydrogens is 256 g/mol. The van der Waals surface area contributed by atoms with Crippen LogP contribution in [-0.4, -0.2) is 38.4 Å². The lowest BCUT2D eigenvalue weighted by atomic mass is 10.1. The number of hydrogen-bond acceptors (Lipinski definition) is 4. The number of benzene rings is 1. The van der Waals surface area contributed by atoms with Crippen LogP contribution < -0.4 is 11.1 Å². The molecule has 1 atom stereocenters. The number of carbonyl (C=O) groups is 1. The van der Waals surface area contributed by atoms with Crippen molar-refractivity contribution in [2.24, 2.45) is 0 Å². The number of anilines is 1. The SMILES string of the molecule is Nc1ccc(Cl)cc1C(=O)NCC1COCCO1. The molecule has 1 heterocycles. The van der Waals surface area contributed by atoms with Crippen LogP contribution in [0.1, 0.15) is 10.4 Å². The predicted molar refractivity (Wildman–Crippen MR) is 68.8 cm³/mol. The Morgan fingerprint density at radius 2 is 2.33 bits per heavy atom. The van der Waals surface area contributed by atoms with Crippen molar-refractivity contribution < 1.29 is 14.3 Å². The summed E-state index contributed by atoms with van der Waals surface area (Å²) in [5.74, 6) is -0.260. The molecular formula is C12H15ClN2O3. The quantitative estimate of drug-likeness (QED) is 0.806. The van der Waals surface area contributed by atoms with Gasteiger partial charge >= 0.3 is 0 Å². The molecule has 1 saturated heterocycles. The van der Waals surface area contributed by atoms with Crippen molar-refractivity contribution in [3.63, 3.8) is 0 Å². The Balaban J connectivity index is 1.92. The Hall–Kier alpha value is -1.30. The number of hydrogen-bond donors (Lipinski definition) is 2. The van der Waals surface area contributed by atoms with Crippen LogP contribution in [0.2, 0.25) is 5.02 Å². The third-order valence-electron chi connectivity index (χ3n) is 2.64. The van der Waals surface area contributed by atoms with Gasteiger partial charge < -0.3 is 20.5 Å². The molecule has 1 unspecified atom stereocenters. The third-order valence-corrected chi connectivity index (χ3v) is 2.87. The summed E-state index contributed by atoms with van der Waals surface area (Å²) in [7, 11) is 0. The summed E-state index contributed by atoms with van der Waals surface area (Å²) in [6.07, 6.45) is -0.108. The fraction of sp³-hybridized carbons (Fsp3) is 0.417. The van der Waals surface area contributed by atoms with Crippen molar-refractivity contribution >= 4 is 23.2 Å². The van der Waals surface area contributed by atoms with Gasteiger partial charge in [0.05, 0.1) is 31.5 Å². The Morgan fingerprint density at radius 1 is 1.50 bits per heavy atom. The molecule has 98 valence electrons.